The van der Waals surface area contributed by atoms with Crippen LogP contribution in [0.15, 0.2) is 0 Å². The van der Waals surface area contributed by atoms with E-state index in [1.54, 1.807) is 6.92 Å². The zero-order chi connectivity index (χ0) is 11.0. The van der Waals surface area contributed by atoms with Gasteiger partial charge in [0.2, 0.25) is 0 Å². The number of ketones is 1. The molecule has 0 rings (SSSR count). The van der Waals surface area contributed by atoms with E-state index in [2.05, 4.69) is 11.2 Å². The van der Waals surface area contributed by atoms with Gasteiger partial charge in [0.25, 0.3) is 0 Å². The van der Waals surface area contributed by atoms with Crippen molar-refractivity contribution in [3.63, 3.8) is 0 Å². The van der Waals surface area contributed by atoms with Crippen molar-refractivity contribution >= 4 is 15.6 Å². The quantitative estimate of drug-likeness (QED) is 0.466. The second kappa shape index (κ2) is 6.57. The number of nitrogens with one attached hydrogen (secondary N) is 1. The predicted molar refractivity (Wildman–Crippen MR) is 55.7 cm³/mol. The molecule has 0 spiro atoms. The highest BCUT2D eigenvalue weighted by Gasteiger charge is 2.10. The van der Waals surface area contributed by atoms with Crippen molar-refractivity contribution in [2.24, 2.45) is 0 Å². The van der Waals surface area contributed by atoms with E-state index in [1.165, 1.54) is 0 Å². The SMILES string of the molecule is C#CCNCC(=O)CCS(=O)(=O)CC. The third-order valence-corrected chi connectivity index (χ3v) is 3.39. The number of hydrogen-bond donors (Lipinski definition) is 1. The second-order valence-electron chi connectivity index (χ2n) is 2.83. The predicted octanol–water partition coefficient (Wildman–Crippen LogP) is -0.397. The molecule has 0 heterocycles. The summed E-state index contributed by atoms with van der Waals surface area (Å²) in [7, 11) is -3.03. The first kappa shape index (κ1) is 13.1. The smallest absolute Gasteiger partial charge is 0.150 e. The summed E-state index contributed by atoms with van der Waals surface area (Å²) in [4.78, 5) is 11.1. The first-order valence-electron chi connectivity index (χ1n) is 4.38. The van der Waals surface area contributed by atoms with Gasteiger partial charge in [0.05, 0.1) is 18.8 Å². The van der Waals surface area contributed by atoms with Crippen LogP contribution in [0, 0.1) is 12.3 Å². The average molecular weight is 217 g/mol. The van der Waals surface area contributed by atoms with Gasteiger partial charge >= 0.3 is 0 Å². The molecule has 4 nitrogen and oxygen atoms in total. The third kappa shape index (κ3) is 6.63. The van der Waals surface area contributed by atoms with Crippen molar-refractivity contribution in [3.8, 4) is 12.3 Å². The lowest BCUT2D eigenvalue weighted by Gasteiger charge is -2.01. The largest absolute Gasteiger partial charge is 0.299 e. The lowest BCUT2D eigenvalue weighted by atomic mass is 10.3. The fraction of sp³-hybridized carbons (Fsp3) is 0.667. The first-order valence-corrected chi connectivity index (χ1v) is 6.20. The minimum atomic E-state index is -3.03. The van der Waals surface area contributed by atoms with Crippen LogP contribution in [0.5, 0.6) is 0 Å². The third-order valence-electron chi connectivity index (χ3n) is 1.68. The Labute approximate surface area is 85.0 Å². The van der Waals surface area contributed by atoms with Crippen LogP contribution in [0.4, 0.5) is 0 Å². The van der Waals surface area contributed by atoms with Gasteiger partial charge in [-0.15, -0.1) is 6.42 Å². The summed E-state index contributed by atoms with van der Waals surface area (Å²) in [5, 5.41) is 2.71. The van der Waals surface area contributed by atoms with Gasteiger partial charge in [0.1, 0.15) is 15.6 Å². The summed E-state index contributed by atoms with van der Waals surface area (Å²) >= 11 is 0. The van der Waals surface area contributed by atoms with Gasteiger partial charge in [-0.1, -0.05) is 12.8 Å². The van der Waals surface area contributed by atoms with Crippen LogP contribution < -0.4 is 5.32 Å². The molecule has 0 atom stereocenters. The van der Waals surface area contributed by atoms with Crippen LogP contribution in [0.1, 0.15) is 13.3 Å². The molecule has 0 amide bonds. The van der Waals surface area contributed by atoms with Gasteiger partial charge in [-0.25, -0.2) is 8.42 Å². The molecule has 0 aliphatic rings. The van der Waals surface area contributed by atoms with Crippen LogP contribution in [-0.4, -0.2) is 38.8 Å². The Bertz CT molecular complexity index is 313. The van der Waals surface area contributed by atoms with Crippen molar-refractivity contribution < 1.29 is 13.2 Å². The maximum atomic E-state index is 11.1. The normalized spacial score (nSPS) is 10.9. The van der Waals surface area contributed by atoms with Gasteiger partial charge in [0, 0.05) is 12.2 Å². The number of carbonyl (C=O) groups is 1. The van der Waals surface area contributed by atoms with E-state index in [0.29, 0.717) is 6.54 Å². The van der Waals surface area contributed by atoms with Gasteiger partial charge in [-0.3, -0.25) is 10.1 Å². The molecule has 0 aromatic rings. The fourth-order valence-electron chi connectivity index (χ4n) is 0.776. The highest BCUT2D eigenvalue weighted by molar-refractivity contribution is 7.91. The standard InChI is InChI=1S/C9H15NO3S/c1-3-6-10-8-9(11)5-7-14(12,13)4-2/h1,10H,4-8H2,2H3. The molecule has 0 unspecified atom stereocenters. The van der Waals surface area contributed by atoms with Crippen LogP contribution in [0.3, 0.4) is 0 Å². The highest BCUT2D eigenvalue weighted by Crippen LogP contribution is 1.93. The molecule has 1 N–H and O–H groups in total. The Kier molecular flexibility index (Phi) is 6.17. The molecule has 0 aromatic heterocycles. The minimum absolute atomic E-state index is 0.0632. The number of rotatable bonds is 7. The lowest BCUT2D eigenvalue weighted by Crippen LogP contribution is -2.25. The van der Waals surface area contributed by atoms with Gasteiger partial charge in [-0.2, -0.15) is 0 Å². The van der Waals surface area contributed by atoms with Gasteiger partial charge in [-0.05, 0) is 0 Å². The first-order chi connectivity index (χ1) is 6.52. The molecule has 14 heavy (non-hydrogen) atoms. The van der Waals surface area contributed by atoms with Crippen molar-refractivity contribution in [1.29, 1.82) is 0 Å². The molecule has 0 aliphatic heterocycles. The van der Waals surface area contributed by atoms with Crippen LogP contribution in [0.25, 0.3) is 0 Å². The molecule has 0 fully saturated rings. The van der Waals surface area contributed by atoms with E-state index in [-0.39, 0.29) is 30.3 Å². The van der Waals surface area contributed by atoms with E-state index in [9.17, 15) is 13.2 Å². The summed E-state index contributed by atoms with van der Waals surface area (Å²) in [5.41, 5.74) is 0. The zero-order valence-electron chi connectivity index (χ0n) is 8.25. The molecule has 80 valence electrons. The minimum Gasteiger partial charge on any atom is -0.299 e. The van der Waals surface area contributed by atoms with Crippen LogP contribution in [-0.2, 0) is 14.6 Å². The molecule has 0 saturated carbocycles. The van der Waals surface area contributed by atoms with E-state index < -0.39 is 9.84 Å². The lowest BCUT2D eigenvalue weighted by molar-refractivity contribution is -0.117. The van der Waals surface area contributed by atoms with E-state index >= 15 is 0 Å². The second-order valence-corrected chi connectivity index (χ2v) is 5.31. The van der Waals surface area contributed by atoms with Gasteiger partial charge < -0.3 is 0 Å². The van der Waals surface area contributed by atoms with Crippen molar-refractivity contribution in [2.75, 3.05) is 24.6 Å². The molecular weight excluding hydrogens is 202 g/mol. The Morgan fingerprint density at radius 3 is 2.64 bits per heavy atom. The van der Waals surface area contributed by atoms with Crippen molar-refractivity contribution in [2.45, 2.75) is 13.3 Å². The highest BCUT2D eigenvalue weighted by atomic mass is 32.2. The number of carbonyl (C=O) groups excluding carboxylic acids is 1. The number of hydrogen-bond acceptors (Lipinski definition) is 4. The Morgan fingerprint density at radius 2 is 2.14 bits per heavy atom. The maximum absolute atomic E-state index is 11.1. The Hall–Kier alpha value is -0.860. The van der Waals surface area contributed by atoms with Crippen molar-refractivity contribution in [3.05, 3.63) is 0 Å². The summed E-state index contributed by atoms with van der Waals surface area (Å²) in [6.45, 7) is 2.03. The summed E-state index contributed by atoms with van der Waals surface area (Å²) in [6, 6.07) is 0. The molecule has 0 saturated heterocycles. The zero-order valence-corrected chi connectivity index (χ0v) is 9.06. The summed E-state index contributed by atoms with van der Waals surface area (Å²) in [5.74, 6) is 2.21. The van der Waals surface area contributed by atoms with Crippen LogP contribution >= 0.6 is 0 Å². The number of sulfone groups is 1. The van der Waals surface area contributed by atoms with E-state index in [0.717, 1.165) is 0 Å². The number of terminal acetylenes is 1. The molecule has 5 heteroatoms. The molecular formula is C9H15NO3S. The summed E-state index contributed by atoms with van der Waals surface area (Å²) < 4.78 is 22.1. The number of Topliss-reactive ketones (excluding diaryl/α,β-unsaturated/α-hetero) is 1. The maximum Gasteiger partial charge on any atom is 0.150 e. The monoisotopic (exact) mass is 217 g/mol. The van der Waals surface area contributed by atoms with E-state index in [1.807, 2.05) is 0 Å². The molecule has 0 radical (unpaired) electrons. The van der Waals surface area contributed by atoms with E-state index in [4.69, 9.17) is 6.42 Å². The average Bonchev–Trinajstić information content (AvgIpc) is 2.16. The molecule has 0 aromatic carbocycles. The van der Waals surface area contributed by atoms with Crippen molar-refractivity contribution in [1.82, 2.24) is 5.32 Å². The Morgan fingerprint density at radius 1 is 1.50 bits per heavy atom. The fourth-order valence-corrected chi connectivity index (χ4v) is 1.60. The molecule has 0 aliphatic carbocycles. The summed E-state index contributed by atoms with van der Waals surface area (Å²) in [6.07, 6.45) is 5.02. The van der Waals surface area contributed by atoms with Gasteiger partial charge in [0.15, 0.2) is 0 Å². The Balaban J connectivity index is 3.71. The molecule has 0 bridgehead atoms. The van der Waals surface area contributed by atoms with Crippen LogP contribution in [0.2, 0.25) is 0 Å². The topological polar surface area (TPSA) is 63.2 Å².